The van der Waals surface area contributed by atoms with Crippen molar-refractivity contribution in [2.24, 2.45) is 5.73 Å². The maximum Gasteiger partial charge on any atom is 0.196 e. The van der Waals surface area contributed by atoms with E-state index in [0.29, 0.717) is 19.0 Å². The van der Waals surface area contributed by atoms with Crippen LogP contribution in [0.25, 0.3) is 0 Å². The third-order valence-corrected chi connectivity index (χ3v) is 1.46. The second-order valence-corrected chi connectivity index (χ2v) is 2.79. The number of aromatic amines is 1. The number of hydrogen-bond donors (Lipinski definition) is 2. The van der Waals surface area contributed by atoms with Gasteiger partial charge in [0, 0.05) is 6.61 Å². The van der Waals surface area contributed by atoms with Gasteiger partial charge < -0.3 is 10.5 Å². The lowest BCUT2D eigenvalue weighted by Crippen LogP contribution is -2.39. The molecule has 0 spiro atoms. The van der Waals surface area contributed by atoms with Gasteiger partial charge in [-0.05, 0) is 13.8 Å². The van der Waals surface area contributed by atoms with E-state index in [1.54, 1.807) is 6.92 Å². The van der Waals surface area contributed by atoms with Gasteiger partial charge in [-0.1, -0.05) is 5.21 Å². The molecule has 0 saturated heterocycles. The fraction of sp³-hybridized carbons (Fsp3) is 0.833. The highest BCUT2D eigenvalue weighted by Crippen LogP contribution is 2.10. The van der Waals surface area contributed by atoms with Crippen LogP contribution in [0.3, 0.4) is 0 Å². The van der Waals surface area contributed by atoms with E-state index in [1.807, 2.05) is 6.92 Å². The molecule has 0 aliphatic rings. The number of rotatable bonds is 4. The maximum atomic E-state index is 5.86. The van der Waals surface area contributed by atoms with Gasteiger partial charge in [0.1, 0.15) is 5.54 Å². The van der Waals surface area contributed by atoms with Gasteiger partial charge in [-0.25, -0.2) is 0 Å². The second kappa shape index (κ2) is 3.59. The SMILES string of the molecule is CCOCC(C)(N)c1nn[nH]n1. The Balaban J connectivity index is 2.59. The molecule has 3 N–H and O–H groups in total. The van der Waals surface area contributed by atoms with Gasteiger partial charge >= 0.3 is 0 Å². The van der Waals surface area contributed by atoms with Crippen molar-refractivity contribution < 1.29 is 4.74 Å². The summed E-state index contributed by atoms with van der Waals surface area (Å²) in [6, 6.07) is 0. The molecule has 0 amide bonds. The van der Waals surface area contributed by atoms with Crippen molar-refractivity contribution >= 4 is 0 Å². The number of tetrazole rings is 1. The summed E-state index contributed by atoms with van der Waals surface area (Å²) in [5.41, 5.74) is 5.19. The summed E-state index contributed by atoms with van der Waals surface area (Å²) in [5.74, 6) is 0.468. The van der Waals surface area contributed by atoms with E-state index in [0.717, 1.165) is 0 Å². The third kappa shape index (κ3) is 1.99. The summed E-state index contributed by atoms with van der Waals surface area (Å²) >= 11 is 0. The van der Waals surface area contributed by atoms with E-state index >= 15 is 0 Å². The zero-order valence-electron chi connectivity index (χ0n) is 7.24. The van der Waals surface area contributed by atoms with Crippen LogP contribution in [-0.2, 0) is 10.3 Å². The molecule has 0 aliphatic heterocycles. The molecule has 1 atom stereocenters. The van der Waals surface area contributed by atoms with Crippen LogP contribution in [0.15, 0.2) is 0 Å². The molecular weight excluding hydrogens is 158 g/mol. The molecule has 0 saturated carbocycles. The first-order valence-electron chi connectivity index (χ1n) is 3.77. The standard InChI is InChI=1S/C6H13N5O/c1-3-12-4-6(2,7)5-8-10-11-9-5/h3-4,7H2,1-2H3,(H,8,9,10,11). The van der Waals surface area contributed by atoms with Crippen molar-refractivity contribution in [1.29, 1.82) is 0 Å². The van der Waals surface area contributed by atoms with Gasteiger partial charge in [-0.3, -0.25) is 0 Å². The Kier molecular flexibility index (Phi) is 2.72. The lowest BCUT2D eigenvalue weighted by atomic mass is 10.1. The predicted octanol–water partition coefficient (Wildman–Crippen LogP) is -0.590. The molecule has 0 bridgehead atoms. The predicted molar refractivity (Wildman–Crippen MR) is 42.2 cm³/mol. The summed E-state index contributed by atoms with van der Waals surface area (Å²) in [6.45, 7) is 4.73. The van der Waals surface area contributed by atoms with Crippen molar-refractivity contribution in [2.75, 3.05) is 13.2 Å². The summed E-state index contributed by atoms with van der Waals surface area (Å²) in [5, 5.41) is 13.3. The normalized spacial score (nSPS) is 15.9. The number of nitrogens with zero attached hydrogens (tertiary/aromatic N) is 3. The highest BCUT2D eigenvalue weighted by atomic mass is 16.5. The molecule has 0 fully saturated rings. The summed E-state index contributed by atoms with van der Waals surface area (Å²) in [4.78, 5) is 0. The minimum atomic E-state index is -0.664. The topological polar surface area (TPSA) is 89.7 Å². The smallest absolute Gasteiger partial charge is 0.196 e. The summed E-state index contributed by atoms with van der Waals surface area (Å²) in [7, 11) is 0. The first kappa shape index (κ1) is 9.08. The van der Waals surface area contributed by atoms with Crippen LogP contribution in [0, 0.1) is 0 Å². The quantitative estimate of drug-likeness (QED) is 0.632. The van der Waals surface area contributed by atoms with Gasteiger partial charge in [0.15, 0.2) is 5.82 Å². The van der Waals surface area contributed by atoms with E-state index in [1.165, 1.54) is 0 Å². The Hall–Kier alpha value is -1.01. The molecule has 6 nitrogen and oxygen atoms in total. The number of aromatic nitrogens is 4. The first-order chi connectivity index (χ1) is 5.67. The van der Waals surface area contributed by atoms with Crippen molar-refractivity contribution in [1.82, 2.24) is 20.6 Å². The number of ether oxygens (including phenoxy) is 1. The van der Waals surface area contributed by atoms with Gasteiger partial charge in [-0.15, -0.1) is 10.2 Å². The van der Waals surface area contributed by atoms with E-state index in [4.69, 9.17) is 10.5 Å². The second-order valence-electron chi connectivity index (χ2n) is 2.79. The highest BCUT2D eigenvalue weighted by molar-refractivity contribution is 4.97. The monoisotopic (exact) mass is 171 g/mol. The van der Waals surface area contributed by atoms with Crippen molar-refractivity contribution in [2.45, 2.75) is 19.4 Å². The number of hydrogen-bond acceptors (Lipinski definition) is 5. The lowest BCUT2D eigenvalue weighted by Gasteiger charge is -2.19. The largest absolute Gasteiger partial charge is 0.379 e. The Morgan fingerprint density at radius 2 is 2.42 bits per heavy atom. The van der Waals surface area contributed by atoms with Crippen molar-refractivity contribution in [3.05, 3.63) is 5.82 Å². The highest BCUT2D eigenvalue weighted by Gasteiger charge is 2.25. The molecule has 0 aliphatic carbocycles. The Morgan fingerprint density at radius 1 is 1.67 bits per heavy atom. The average Bonchev–Trinajstić information content (AvgIpc) is 2.53. The zero-order valence-corrected chi connectivity index (χ0v) is 7.24. The van der Waals surface area contributed by atoms with Crippen LogP contribution < -0.4 is 5.73 Å². The van der Waals surface area contributed by atoms with Gasteiger partial charge in [0.2, 0.25) is 0 Å². The van der Waals surface area contributed by atoms with E-state index < -0.39 is 5.54 Å². The Morgan fingerprint density at radius 3 is 2.92 bits per heavy atom. The minimum absolute atomic E-state index is 0.392. The Labute approximate surface area is 70.5 Å². The molecule has 1 aromatic rings. The van der Waals surface area contributed by atoms with E-state index in [-0.39, 0.29) is 0 Å². The van der Waals surface area contributed by atoms with Crippen LogP contribution >= 0.6 is 0 Å². The van der Waals surface area contributed by atoms with Crippen LogP contribution in [0.5, 0.6) is 0 Å². The number of H-pyrrole nitrogens is 1. The molecule has 1 unspecified atom stereocenters. The Bertz CT molecular complexity index is 220. The van der Waals surface area contributed by atoms with Gasteiger partial charge in [-0.2, -0.15) is 5.21 Å². The summed E-state index contributed by atoms with van der Waals surface area (Å²) < 4.78 is 5.18. The molecule has 1 aromatic heterocycles. The molecule has 0 aromatic carbocycles. The van der Waals surface area contributed by atoms with Gasteiger partial charge in [0.05, 0.1) is 6.61 Å². The molecule has 1 heterocycles. The van der Waals surface area contributed by atoms with Crippen LogP contribution in [0.4, 0.5) is 0 Å². The molecule has 1 rings (SSSR count). The summed E-state index contributed by atoms with van der Waals surface area (Å²) in [6.07, 6.45) is 0. The molecule has 6 heteroatoms. The zero-order chi connectivity index (χ0) is 9.03. The number of nitrogens with one attached hydrogen (secondary N) is 1. The molecule has 0 radical (unpaired) electrons. The number of nitrogens with two attached hydrogens (primary N) is 1. The van der Waals surface area contributed by atoms with E-state index in [2.05, 4.69) is 20.6 Å². The van der Waals surface area contributed by atoms with Crippen LogP contribution in [-0.4, -0.2) is 33.8 Å². The third-order valence-electron chi connectivity index (χ3n) is 1.46. The first-order valence-corrected chi connectivity index (χ1v) is 3.77. The van der Waals surface area contributed by atoms with Crippen molar-refractivity contribution in [3.8, 4) is 0 Å². The fourth-order valence-electron chi connectivity index (χ4n) is 0.782. The molecule has 68 valence electrons. The average molecular weight is 171 g/mol. The van der Waals surface area contributed by atoms with E-state index in [9.17, 15) is 0 Å². The van der Waals surface area contributed by atoms with Crippen LogP contribution in [0.2, 0.25) is 0 Å². The van der Waals surface area contributed by atoms with Crippen molar-refractivity contribution in [3.63, 3.8) is 0 Å². The maximum absolute atomic E-state index is 5.86. The fourth-order valence-corrected chi connectivity index (χ4v) is 0.782. The van der Waals surface area contributed by atoms with Crippen LogP contribution in [0.1, 0.15) is 19.7 Å². The molecule has 12 heavy (non-hydrogen) atoms. The van der Waals surface area contributed by atoms with Gasteiger partial charge in [0.25, 0.3) is 0 Å². The lowest BCUT2D eigenvalue weighted by molar-refractivity contribution is 0.0974. The molecular formula is C6H13N5O. The minimum Gasteiger partial charge on any atom is -0.379 e.